The van der Waals surface area contributed by atoms with Gasteiger partial charge in [-0.3, -0.25) is 11.3 Å². The van der Waals surface area contributed by atoms with E-state index in [1.54, 1.807) is 6.07 Å². The molecule has 2 nitrogen and oxygen atoms in total. The summed E-state index contributed by atoms with van der Waals surface area (Å²) in [7, 11) is 0. The molecule has 0 fully saturated rings. The molecule has 1 heterocycles. The highest BCUT2D eigenvalue weighted by Gasteiger charge is 2.28. The Labute approximate surface area is 133 Å². The molecule has 2 atom stereocenters. The number of halogens is 2. The third-order valence-corrected chi connectivity index (χ3v) is 5.61. The van der Waals surface area contributed by atoms with Crippen LogP contribution in [0.4, 0.5) is 4.39 Å². The molecule has 1 aliphatic carbocycles. The topological polar surface area (TPSA) is 38.0 Å². The summed E-state index contributed by atoms with van der Waals surface area (Å²) < 4.78 is 13.4. The quantitative estimate of drug-likeness (QED) is 0.658. The van der Waals surface area contributed by atoms with E-state index in [1.807, 2.05) is 11.3 Å². The molecule has 0 radical (unpaired) electrons. The van der Waals surface area contributed by atoms with Crippen molar-refractivity contribution in [2.45, 2.75) is 37.6 Å². The summed E-state index contributed by atoms with van der Waals surface area (Å²) in [6, 6.07) is 6.76. The van der Waals surface area contributed by atoms with E-state index in [0.717, 1.165) is 18.4 Å². The summed E-state index contributed by atoms with van der Waals surface area (Å²) in [5, 5.41) is 2.74. The first-order valence-corrected chi connectivity index (χ1v) is 8.41. The lowest BCUT2D eigenvalue weighted by molar-refractivity contribution is 0.397. The maximum absolute atomic E-state index is 13.4. The van der Waals surface area contributed by atoms with Crippen LogP contribution in [0.15, 0.2) is 29.6 Å². The van der Waals surface area contributed by atoms with Gasteiger partial charge in [0.25, 0.3) is 0 Å². The van der Waals surface area contributed by atoms with Crippen molar-refractivity contribution in [2.24, 2.45) is 5.84 Å². The molecule has 0 aliphatic heterocycles. The van der Waals surface area contributed by atoms with Gasteiger partial charge in [-0.25, -0.2) is 4.39 Å². The number of hydrogen-bond acceptors (Lipinski definition) is 3. The Bertz CT molecular complexity index is 628. The number of rotatable bonds is 4. The molecule has 0 bridgehead atoms. The van der Waals surface area contributed by atoms with E-state index in [-0.39, 0.29) is 11.9 Å². The molecular weight excluding hydrogens is 307 g/mol. The first kappa shape index (κ1) is 15.0. The van der Waals surface area contributed by atoms with Gasteiger partial charge in [-0.05, 0) is 66.5 Å². The van der Waals surface area contributed by atoms with E-state index in [2.05, 4.69) is 16.9 Å². The number of thiophene rings is 1. The molecule has 2 aromatic rings. The van der Waals surface area contributed by atoms with Crippen LogP contribution in [0.1, 0.15) is 34.8 Å². The number of fused-ring (bicyclic) bond motifs is 1. The molecule has 2 unspecified atom stereocenters. The van der Waals surface area contributed by atoms with Crippen molar-refractivity contribution in [3.8, 4) is 0 Å². The number of nitrogens with two attached hydrogens (primary N) is 1. The minimum atomic E-state index is -0.259. The Balaban J connectivity index is 1.85. The second kappa shape index (κ2) is 6.44. The minimum Gasteiger partial charge on any atom is -0.271 e. The third-order valence-electron chi connectivity index (χ3n) is 4.25. The van der Waals surface area contributed by atoms with E-state index in [1.165, 1.54) is 29.0 Å². The average Bonchev–Trinajstić information content (AvgIpc) is 2.96. The fraction of sp³-hybridized carbons (Fsp3) is 0.375. The van der Waals surface area contributed by atoms with Crippen molar-refractivity contribution in [1.29, 1.82) is 0 Å². The number of benzene rings is 1. The largest absolute Gasteiger partial charge is 0.271 e. The van der Waals surface area contributed by atoms with E-state index in [0.29, 0.717) is 17.4 Å². The van der Waals surface area contributed by atoms with Crippen LogP contribution in [-0.2, 0) is 12.8 Å². The minimum absolute atomic E-state index is 0.0675. The molecule has 3 N–H and O–H groups in total. The van der Waals surface area contributed by atoms with Crippen LogP contribution in [0, 0.1) is 5.82 Å². The van der Waals surface area contributed by atoms with Crippen molar-refractivity contribution in [2.75, 3.05) is 0 Å². The molecule has 5 heteroatoms. The first-order valence-electron chi connectivity index (χ1n) is 7.15. The van der Waals surface area contributed by atoms with Gasteiger partial charge in [0.1, 0.15) is 5.82 Å². The summed E-state index contributed by atoms with van der Waals surface area (Å²) in [5.41, 5.74) is 5.12. The van der Waals surface area contributed by atoms with Crippen molar-refractivity contribution in [3.63, 3.8) is 0 Å². The molecule has 1 aromatic carbocycles. The van der Waals surface area contributed by atoms with Crippen molar-refractivity contribution in [3.05, 3.63) is 56.5 Å². The molecule has 0 amide bonds. The van der Waals surface area contributed by atoms with Gasteiger partial charge in [-0.15, -0.1) is 11.3 Å². The predicted molar refractivity (Wildman–Crippen MR) is 86.2 cm³/mol. The monoisotopic (exact) mass is 324 g/mol. The zero-order valence-electron chi connectivity index (χ0n) is 11.6. The van der Waals surface area contributed by atoms with Gasteiger partial charge in [0.2, 0.25) is 0 Å². The predicted octanol–water partition coefficient (Wildman–Crippen LogP) is 4.04. The van der Waals surface area contributed by atoms with Crippen molar-refractivity contribution in [1.82, 2.24) is 5.43 Å². The van der Waals surface area contributed by atoms with Crippen LogP contribution in [-0.4, -0.2) is 6.04 Å². The molecule has 1 aromatic heterocycles. The maximum atomic E-state index is 13.4. The molecule has 0 saturated carbocycles. The first-order chi connectivity index (χ1) is 10.2. The fourth-order valence-electron chi connectivity index (χ4n) is 3.19. The van der Waals surface area contributed by atoms with Gasteiger partial charge in [0, 0.05) is 21.9 Å². The SMILES string of the molecule is NNC(Cc1cc(F)ccc1Cl)C1CCCc2sccc21. The second-order valence-electron chi connectivity index (χ2n) is 5.51. The lowest BCUT2D eigenvalue weighted by Gasteiger charge is -2.30. The summed E-state index contributed by atoms with van der Waals surface area (Å²) >= 11 is 8.00. The molecule has 112 valence electrons. The highest BCUT2D eigenvalue weighted by Crippen LogP contribution is 2.38. The van der Waals surface area contributed by atoms with Crippen LogP contribution in [0.25, 0.3) is 0 Å². The zero-order chi connectivity index (χ0) is 14.8. The molecule has 1 aliphatic rings. The van der Waals surface area contributed by atoms with Crippen molar-refractivity contribution < 1.29 is 4.39 Å². The fourth-order valence-corrected chi connectivity index (χ4v) is 4.39. The van der Waals surface area contributed by atoms with Crippen LogP contribution in [0.5, 0.6) is 0 Å². The Morgan fingerprint density at radius 2 is 2.29 bits per heavy atom. The smallest absolute Gasteiger partial charge is 0.123 e. The van der Waals surface area contributed by atoms with Gasteiger partial charge in [0.05, 0.1) is 0 Å². The van der Waals surface area contributed by atoms with Crippen LogP contribution >= 0.6 is 22.9 Å². The van der Waals surface area contributed by atoms with E-state index in [4.69, 9.17) is 17.4 Å². The van der Waals surface area contributed by atoms with E-state index in [9.17, 15) is 4.39 Å². The zero-order valence-corrected chi connectivity index (χ0v) is 13.2. The van der Waals surface area contributed by atoms with Crippen LogP contribution in [0.2, 0.25) is 5.02 Å². The average molecular weight is 325 g/mol. The standard InChI is InChI=1S/C16H18ClFN2S/c17-14-5-4-11(18)8-10(14)9-15(20-19)12-2-1-3-16-13(12)6-7-21-16/h4-8,12,15,20H,1-3,9,19H2. The summed E-state index contributed by atoms with van der Waals surface area (Å²) in [6.45, 7) is 0. The Kier molecular flexibility index (Phi) is 4.60. The number of hydrazine groups is 1. The molecule has 21 heavy (non-hydrogen) atoms. The highest BCUT2D eigenvalue weighted by atomic mass is 35.5. The highest BCUT2D eigenvalue weighted by molar-refractivity contribution is 7.10. The van der Waals surface area contributed by atoms with Crippen LogP contribution in [0.3, 0.4) is 0 Å². The number of nitrogens with one attached hydrogen (secondary N) is 1. The summed E-state index contributed by atoms with van der Waals surface area (Å²) in [5.74, 6) is 5.89. The third kappa shape index (κ3) is 3.14. The van der Waals surface area contributed by atoms with E-state index < -0.39 is 0 Å². The molecule has 0 saturated heterocycles. The van der Waals surface area contributed by atoms with Gasteiger partial charge < -0.3 is 0 Å². The Hall–Kier alpha value is -0.940. The summed E-state index contributed by atoms with van der Waals surface area (Å²) in [6.07, 6.45) is 4.06. The number of aryl methyl sites for hydroxylation is 1. The van der Waals surface area contributed by atoms with Crippen LogP contribution < -0.4 is 11.3 Å². The van der Waals surface area contributed by atoms with E-state index >= 15 is 0 Å². The maximum Gasteiger partial charge on any atom is 0.123 e. The molecule has 0 spiro atoms. The lowest BCUT2D eigenvalue weighted by Crippen LogP contribution is -2.42. The van der Waals surface area contributed by atoms with Gasteiger partial charge in [0.15, 0.2) is 0 Å². The van der Waals surface area contributed by atoms with Gasteiger partial charge in [-0.2, -0.15) is 0 Å². The summed E-state index contributed by atoms with van der Waals surface area (Å²) in [4.78, 5) is 1.46. The van der Waals surface area contributed by atoms with Gasteiger partial charge in [-0.1, -0.05) is 11.6 Å². The molecular formula is C16H18ClFN2S. The van der Waals surface area contributed by atoms with Gasteiger partial charge >= 0.3 is 0 Å². The Morgan fingerprint density at radius 1 is 1.43 bits per heavy atom. The normalized spacial score (nSPS) is 19.3. The second-order valence-corrected chi connectivity index (χ2v) is 6.92. The molecule has 3 rings (SSSR count). The Morgan fingerprint density at radius 3 is 3.10 bits per heavy atom. The van der Waals surface area contributed by atoms with Crippen molar-refractivity contribution >= 4 is 22.9 Å². The lowest BCUT2D eigenvalue weighted by atomic mass is 9.80. The number of hydrogen-bond donors (Lipinski definition) is 2.